The fourth-order valence-corrected chi connectivity index (χ4v) is 3.37. The minimum atomic E-state index is -0.644. The lowest BCUT2D eigenvalue weighted by Gasteiger charge is -2.10. The second kappa shape index (κ2) is 6.87. The Bertz CT molecular complexity index is 1050. The molecule has 0 fully saturated rings. The highest BCUT2D eigenvalue weighted by Gasteiger charge is 2.26. The number of amides is 1. The number of fused-ring (bicyclic) bond motifs is 1. The van der Waals surface area contributed by atoms with E-state index in [1.54, 1.807) is 26.0 Å². The molecule has 5 nitrogen and oxygen atoms in total. The average molecular weight is 368 g/mol. The number of carbonyl (C=O) groups is 2. The van der Waals surface area contributed by atoms with E-state index in [1.165, 1.54) is 23.8 Å². The van der Waals surface area contributed by atoms with E-state index in [0.717, 1.165) is 5.56 Å². The van der Waals surface area contributed by atoms with Crippen molar-refractivity contribution >= 4 is 22.7 Å². The van der Waals surface area contributed by atoms with Gasteiger partial charge in [0.25, 0.3) is 5.91 Å². The first-order valence-corrected chi connectivity index (χ1v) is 8.55. The van der Waals surface area contributed by atoms with E-state index in [0.29, 0.717) is 27.7 Å². The minimum Gasteiger partial charge on any atom is -0.494 e. The molecule has 0 radical (unpaired) electrons. The van der Waals surface area contributed by atoms with Crippen molar-refractivity contribution in [3.63, 3.8) is 0 Å². The van der Waals surface area contributed by atoms with Crippen molar-refractivity contribution in [1.82, 2.24) is 4.57 Å². The van der Waals surface area contributed by atoms with Gasteiger partial charge in [0.15, 0.2) is 11.6 Å². The van der Waals surface area contributed by atoms with Crippen LogP contribution in [0.15, 0.2) is 36.4 Å². The SMILES string of the molecule is COc1cc2c(C(C)C(N)=O)c(C)n(C(=O)c3ccc(C)cc3)c2cc1F. The smallest absolute Gasteiger partial charge is 0.262 e. The fourth-order valence-electron chi connectivity index (χ4n) is 3.37. The number of hydrogen-bond acceptors (Lipinski definition) is 3. The van der Waals surface area contributed by atoms with Crippen LogP contribution in [0.5, 0.6) is 5.75 Å². The third kappa shape index (κ3) is 3.07. The summed E-state index contributed by atoms with van der Waals surface area (Å²) in [6, 6.07) is 9.88. The summed E-state index contributed by atoms with van der Waals surface area (Å²) in [6.07, 6.45) is 0. The molecular weight excluding hydrogens is 347 g/mol. The third-order valence-corrected chi connectivity index (χ3v) is 4.89. The molecule has 27 heavy (non-hydrogen) atoms. The second-order valence-electron chi connectivity index (χ2n) is 6.63. The first kappa shape index (κ1) is 18.6. The van der Waals surface area contributed by atoms with E-state index in [1.807, 2.05) is 19.1 Å². The maximum absolute atomic E-state index is 14.4. The highest BCUT2D eigenvalue weighted by molar-refractivity contribution is 6.05. The van der Waals surface area contributed by atoms with E-state index >= 15 is 0 Å². The van der Waals surface area contributed by atoms with Crippen LogP contribution in [0.25, 0.3) is 10.9 Å². The van der Waals surface area contributed by atoms with E-state index in [9.17, 15) is 14.0 Å². The molecule has 2 aromatic carbocycles. The van der Waals surface area contributed by atoms with Crippen LogP contribution in [0.1, 0.15) is 40.0 Å². The highest BCUT2D eigenvalue weighted by Crippen LogP contribution is 2.36. The summed E-state index contributed by atoms with van der Waals surface area (Å²) < 4.78 is 20.9. The van der Waals surface area contributed by atoms with Gasteiger partial charge >= 0.3 is 0 Å². The number of nitrogens with two attached hydrogens (primary N) is 1. The molecule has 140 valence electrons. The number of benzene rings is 2. The molecule has 2 N–H and O–H groups in total. The number of aryl methyl sites for hydroxylation is 1. The molecule has 0 saturated carbocycles. The van der Waals surface area contributed by atoms with Crippen LogP contribution >= 0.6 is 0 Å². The third-order valence-electron chi connectivity index (χ3n) is 4.89. The highest BCUT2D eigenvalue weighted by atomic mass is 19.1. The van der Waals surface area contributed by atoms with Gasteiger partial charge in [-0.2, -0.15) is 0 Å². The van der Waals surface area contributed by atoms with E-state index in [-0.39, 0.29) is 11.7 Å². The number of primary amides is 1. The summed E-state index contributed by atoms with van der Waals surface area (Å²) in [7, 11) is 1.36. The molecular formula is C21H21FN2O3. The molecule has 1 aromatic heterocycles. The summed E-state index contributed by atoms with van der Waals surface area (Å²) in [5.74, 6) is -2.01. The Labute approximate surface area is 156 Å². The Balaban J connectivity index is 2.33. The first-order chi connectivity index (χ1) is 12.8. The number of nitrogens with zero attached hydrogens (tertiary/aromatic N) is 1. The Hall–Kier alpha value is -3.15. The van der Waals surface area contributed by atoms with Gasteiger partial charge in [-0.25, -0.2) is 4.39 Å². The van der Waals surface area contributed by atoms with Gasteiger partial charge in [-0.15, -0.1) is 0 Å². The van der Waals surface area contributed by atoms with Gasteiger partial charge in [-0.05, 0) is 44.5 Å². The number of aromatic nitrogens is 1. The normalized spacial score (nSPS) is 12.2. The van der Waals surface area contributed by atoms with Crippen molar-refractivity contribution in [2.45, 2.75) is 26.7 Å². The number of methoxy groups -OCH3 is 1. The lowest BCUT2D eigenvalue weighted by Crippen LogP contribution is -2.20. The molecule has 1 amide bonds. The molecule has 0 aliphatic carbocycles. The van der Waals surface area contributed by atoms with Crippen molar-refractivity contribution in [2.24, 2.45) is 5.73 Å². The molecule has 0 spiro atoms. The van der Waals surface area contributed by atoms with Crippen molar-refractivity contribution < 1.29 is 18.7 Å². The Morgan fingerprint density at radius 3 is 2.33 bits per heavy atom. The van der Waals surface area contributed by atoms with Gasteiger partial charge in [-0.1, -0.05) is 17.7 Å². The van der Waals surface area contributed by atoms with E-state index in [4.69, 9.17) is 10.5 Å². The molecule has 0 aliphatic heterocycles. The minimum absolute atomic E-state index is 0.0420. The molecule has 0 saturated heterocycles. The van der Waals surface area contributed by atoms with Crippen LogP contribution in [-0.2, 0) is 4.79 Å². The summed E-state index contributed by atoms with van der Waals surface area (Å²) in [5.41, 5.74) is 8.52. The van der Waals surface area contributed by atoms with Gasteiger partial charge < -0.3 is 10.5 Å². The van der Waals surface area contributed by atoms with Crippen LogP contribution in [0, 0.1) is 19.7 Å². The van der Waals surface area contributed by atoms with Gasteiger partial charge in [0.1, 0.15) is 0 Å². The first-order valence-electron chi connectivity index (χ1n) is 8.55. The predicted octanol–water partition coefficient (Wildman–Crippen LogP) is 3.68. The number of carbonyl (C=O) groups excluding carboxylic acids is 2. The van der Waals surface area contributed by atoms with E-state index in [2.05, 4.69) is 0 Å². The summed E-state index contributed by atoms with van der Waals surface area (Å²) in [4.78, 5) is 25.0. The maximum Gasteiger partial charge on any atom is 0.262 e. The fraction of sp³-hybridized carbons (Fsp3) is 0.238. The number of hydrogen-bond donors (Lipinski definition) is 1. The quantitative estimate of drug-likeness (QED) is 0.763. The van der Waals surface area contributed by atoms with E-state index < -0.39 is 17.6 Å². The van der Waals surface area contributed by atoms with Crippen LogP contribution in [-0.4, -0.2) is 23.5 Å². The van der Waals surface area contributed by atoms with Crippen LogP contribution in [0.2, 0.25) is 0 Å². The molecule has 0 aliphatic rings. The Kier molecular flexibility index (Phi) is 4.74. The lowest BCUT2D eigenvalue weighted by atomic mass is 9.97. The topological polar surface area (TPSA) is 74.3 Å². The molecule has 1 unspecified atom stereocenters. The van der Waals surface area contributed by atoms with Crippen molar-refractivity contribution in [1.29, 1.82) is 0 Å². The second-order valence-corrected chi connectivity index (χ2v) is 6.63. The Morgan fingerprint density at radius 1 is 1.15 bits per heavy atom. The number of halogens is 1. The van der Waals surface area contributed by atoms with Gasteiger partial charge in [-0.3, -0.25) is 14.2 Å². The average Bonchev–Trinajstić information content (AvgIpc) is 2.91. The summed E-state index contributed by atoms with van der Waals surface area (Å²) in [6.45, 7) is 5.32. The number of rotatable bonds is 4. The zero-order valence-electron chi connectivity index (χ0n) is 15.7. The zero-order chi connectivity index (χ0) is 19.9. The zero-order valence-corrected chi connectivity index (χ0v) is 15.7. The summed E-state index contributed by atoms with van der Waals surface area (Å²) in [5, 5.41) is 0.567. The standard InChI is InChI=1S/C21H21FN2O3/c1-11-5-7-14(8-6-11)21(26)24-13(3)19(12(2)20(23)25)15-9-18(27-4)16(22)10-17(15)24/h5-10,12H,1-4H3,(H2,23,25). The van der Waals surface area contributed by atoms with Crippen LogP contribution in [0.3, 0.4) is 0 Å². The van der Waals surface area contributed by atoms with Gasteiger partial charge in [0.05, 0.1) is 18.5 Å². The largest absolute Gasteiger partial charge is 0.494 e. The van der Waals surface area contributed by atoms with Crippen LogP contribution < -0.4 is 10.5 Å². The lowest BCUT2D eigenvalue weighted by molar-refractivity contribution is -0.119. The van der Waals surface area contributed by atoms with Gasteiger partial charge in [0, 0.05) is 22.7 Å². The van der Waals surface area contributed by atoms with Crippen molar-refractivity contribution in [3.8, 4) is 5.75 Å². The monoisotopic (exact) mass is 368 g/mol. The van der Waals surface area contributed by atoms with Crippen molar-refractivity contribution in [3.05, 3.63) is 64.6 Å². The van der Waals surface area contributed by atoms with Crippen molar-refractivity contribution in [2.75, 3.05) is 7.11 Å². The molecule has 1 heterocycles. The molecule has 3 rings (SSSR count). The van der Waals surface area contributed by atoms with Crippen LogP contribution in [0.4, 0.5) is 4.39 Å². The Morgan fingerprint density at radius 2 is 1.78 bits per heavy atom. The molecule has 6 heteroatoms. The maximum atomic E-state index is 14.4. The summed E-state index contributed by atoms with van der Waals surface area (Å²) >= 11 is 0. The molecule has 3 aromatic rings. The predicted molar refractivity (Wildman–Crippen MR) is 102 cm³/mol. The molecule has 0 bridgehead atoms. The van der Waals surface area contributed by atoms with Gasteiger partial charge in [0.2, 0.25) is 5.91 Å². The number of ether oxygens (including phenoxy) is 1. The molecule has 1 atom stereocenters.